The molecule has 0 fully saturated rings. The molecule has 0 saturated heterocycles. The lowest BCUT2D eigenvalue weighted by Crippen LogP contribution is -2.02. The van der Waals surface area contributed by atoms with Gasteiger partial charge in [0.25, 0.3) is 0 Å². The molecular weight excluding hydrogens is 286 g/mol. The summed E-state index contributed by atoms with van der Waals surface area (Å²) in [6, 6.07) is 15.7. The minimum atomic E-state index is -0.300. The molecule has 1 N–H and O–H groups in total. The first-order valence-electron chi connectivity index (χ1n) is 7.71. The Morgan fingerprint density at radius 2 is 1.91 bits per heavy atom. The topological polar surface area (TPSA) is 42.2 Å². The van der Waals surface area contributed by atoms with E-state index < -0.39 is 0 Å². The highest BCUT2D eigenvalue weighted by Crippen LogP contribution is 2.22. The minimum absolute atomic E-state index is 0.300. The summed E-state index contributed by atoms with van der Waals surface area (Å²) in [5.74, 6) is 0. The first-order chi connectivity index (χ1) is 11.2. The SMILES string of the molecule is C=Cc1ccc(CNc2ccc3c(CC)cc(=O)oc3c2)cc1. The van der Waals surface area contributed by atoms with Gasteiger partial charge in [-0.15, -0.1) is 0 Å². The quantitative estimate of drug-likeness (QED) is 0.700. The zero-order valence-corrected chi connectivity index (χ0v) is 13.1. The molecule has 3 aromatic rings. The number of benzene rings is 2. The largest absolute Gasteiger partial charge is 0.423 e. The first-order valence-corrected chi connectivity index (χ1v) is 7.71. The average molecular weight is 305 g/mol. The molecule has 0 amide bonds. The number of rotatable bonds is 5. The second-order valence-electron chi connectivity index (χ2n) is 5.45. The van der Waals surface area contributed by atoms with Gasteiger partial charge in [0, 0.05) is 29.8 Å². The third-order valence-electron chi connectivity index (χ3n) is 3.92. The van der Waals surface area contributed by atoms with Crippen LogP contribution in [0.4, 0.5) is 5.69 Å². The molecule has 1 heterocycles. The maximum Gasteiger partial charge on any atom is 0.336 e. The number of fused-ring (bicyclic) bond motifs is 1. The molecule has 0 radical (unpaired) electrons. The Labute approximate surface area is 135 Å². The molecule has 0 aliphatic heterocycles. The summed E-state index contributed by atoms with van der Waals surface area (Å²) in [5, 5.41) is 4.35. The smallest absolute Gasteiger partial charge is 0.336 e. The van der Waals surface area contributed by atoms with Gasteiger partial charge in [0.15, 0.2) is 0 Å². The molecule has 23 heavy (non-hydrogen) atoms. The summed E-state index contributed by atoms with van der Waals surface area (Å²) in [6.45, 7) is 6.50. The fraction of sp³-hybridized carbons (Fsp3) is 0.150. The summed E-state index contributed by atoms with van der Waals surface area (Å²) in [5.41, 5.74) is 4.56. The van der Waals surface area contributed by atoms with Gasteiger partial charge in [-0.05, 0) is 35.2 Å². The van der Waals surface area contributed by atoms with E-state index in [1.165, 1.54) is 5.56 Å². The highest BCUT2D eigenvalue weighted by atomic mass is 16.4. The van der Waals surface area contributed by atoms with Gasteiger partial charge >= 0.3 is 5.63 Å². The Kier molecular flexibility index (Phi) is 4.29. The molecular formula is C20H19NO2. The van der Waals surface area contributed by atoms with Crippen LogP contribution in [0.15, 0.2) is 64.3 Å². The number of nitrogens with one attached hydrogen (secondary N) is 1. The van der Waals surface area contributed by atoms with Crippen LogP contribution < -0.4 is 10.9 Å². The molecule has 116 valence electrons. The predicted molar refractivity (Wildman–Crippen MR) is 95.7 cm³/mol. The summed E-state index contributed by atoms with van der Waals surface area (Å²) < 4.78 is 5.32. The predicted octanol–water partition coefficient (Wildman–Crippen LogP) is 4.61. The lowest BCUT2D eigenvalue weighted by Gasteiger charge is -2.09. The van der Waals surface area contributed by atoms with E-state index in [1.54, 1.807) is 6.07 Å². The molecule has 3 rings (SSSR count). The normalized spacial score (nSPS) is 10.7. The van der Waals surface area contributed by atoms with E-state index in [1.807, 2.05) is 43.3 Å². The molecule has 2 aromatic carbocycles. The Morgan fingerprint density at radius 3 is 2.61 bits per heavy atom. The zero-order chi connectivity index (χ0) is 16.2. The Balaban J connectivity index is 1.82. The molecule has 3 nitrogen and oxygen atoms in total. The molecule has 0 saturated carbocycles. The van der Waals surface area contributed by atoms with Gasteiger partial charge in [-0.1, -0.05) is 43.8 Å². The van der Waals surface area contributed by atoms with Crippen molar-refractivity contribution in [3.8, 4) is 0 Å². The highest BCUT2D eigenvalue weighted by Gasteiger charge is 2.05. The van der Waals surface area contributed by atoms with Crippen LogP contribution in [0, 0.1) is 0 Å². The zero-order valence-electron chi connectivity index (χ0n) is 13.1. The average Bonchev–Trinajstić information content (AvgIpc) is 2.59. The van der Waals surface area contributed by atoms with Gasteiger partial charge < -0.3 is 9.73 Å². The number of anilines is 1. The van der Waals surface area contributed by atoms with Crippen molar-refractivity contribution in [2.45, 2.75) is 19.9 Å². The van der Waals surface area contributed by atoms with Gasteiger partial charge in [0.05, 0.1) is 0 Å². The van der Waals surface area contributed by atoms with Crippen molar-refractivity contribution in [2.24, 2.45) is 0 Å². The van der Waals surface area contributed by atoms with E-state index in [4.69, 9.17) is 4.42 Å². The third kappa shape index (κ3) is 3.34. The first kappa shape index (κ1) is 15.1. The molecule has 0 bridgehead atoms. The minimum Gasteiger partial charge on any atom is -0.423 e. The molecule has 0 aliphatic rings. The monoisotopic (exact) mass is 305 g/mol. The number of hydrogen-bond donors (Lipinski definition) is 1. The van der Waals surface area contributed by atoms with E-state index in [0.29, 0.717) is 12.1 Å². The summed E-state index contributed by atoms with van der Waals surface area (Å²) in [6.07, 6.45) is 2.64. The van der Waals surface area contributed by atoms with Gasteiger partial charge in [-0.3, -0.25) is 0 Å². The molecule has 0 unspecified atom stereocenters. The lowest BCUT2D eigenvalue weighted by molar-refractivity contribution is 0.559. The molecule has 1 aromatic heterocycles. The van der Waals surface area contributed by atoms with Crippen molar-refractivity contribution in [1.29, 1.82) is 0 Å². The van der Waals surface area contributed by atoms with Crippen molar-refractivity contribution < 1.29 is 4.42 Å². The van der Waals surface area contributed by atoms with Crippen molar-refractivity contribution in [2.75, 3.05) is 5.32 Å². The maximum atomic E-state index is 11.6. The van der Waals surface area contributed by atoms with Crippen LogP contribution in [-0.4, -0.2) is 0 Å². The maximum absolute atomic E-state index is 11.6. The lowest BCUT2D eigenvalue weighted by atomic mass is 10.1. The Morgan fingerprint density at radius 1 is 1.13 bits per heavy atom. The van der Waals surface area contributed by atoms with Crippen LogP contribution in [-0.2, 0) is 13.0 Å². The van der Waals surface area contributed by atoms with Crippen molar-refractivity contribution in [1.82, 2.24) is 0 Å². The Bertz CT molecular complexity index is 892. The van der Waals surface area contributed by atoms with E-state index >= 15 is 0 Å². The standard InChI is InChI=1S/C20H19NO2/c1-3-14-5-7-15(8-6-14)13-21-17-9-10-18-16(4-2)11-20(22)23-19(18)12-17/h3,5-12,21H,1,4,13H2,2H3. The van der Waals surface area contributed by atoms with Gasteiger partial charge in [0.1, 0.15) is 5.58 Å². The molecule has 3 heteroatoms. The van der Waals surface area contributed by atoms with Gasteiger partial charge in [-0.2, -0.15) is 0 Å². The van der Waals surface area contributed by atoms with Crippen molar-refractivity contribution in [3.05, 3.63) is 82.2 Å². The number of aryl methyl sites for hydroxylation is 1. The number of hydrogen-bond acceptors (Lipinski definition) is 3. The van der Waals surface area contributed by atoms with Crippen molar-refractivity contribution in [3.63, 3.8) is 0 Å². The van der Waals surface area contributed by atoms with Crippen LogP contribution in [0.2, 0.25) is 0 Å². The highest BCUT2D eigenvalue weighted by molar-refractivity contribution is 5.83. The molecule has 0 aliphatic carbocycles. The third-order valence-corrected chi connectivity index (χ3v) is 3.92. The van der Waals surface area contributed by atoms with E-state index in [9.17, 15) is 4.79 Å². The van der Waals surface area contributed by atoms with Crippen LogP contribution in [0.1, 0.15) is 23.6 Å². The Hall–Kier alpha value is -2.81. The van der Waals surface area contributed by atoms with Crippen LogP contribution >= 0.6 is 0 Å². The van der Waals surface area contributed by atoms with Gasteiger partial charge in [0.2, 0.25) is 0 Å². The fourth-order valence-corrected chi connectivity index (χ4v) is 2.61. The second kappa shape index (κ2) is 6.53. The van der Waals surface area contributed by atoms with Gasteiger partial charge in [-0.25, -0.2) is 4.79 Å². The van der Waals surface area contributed by atoms with E-state index in [0.717, 1.165) is 28.6 Å². The summed E-state index contributed by atoms with van der Waals surface area (Å²) >= 11 is 0. The van der Waals surface area contributed by atoms with Crippen LogP contribution in [0.5, 0.6) is 0 Å². The van der Waals surface area contributed by atoms with Crippen molar-refractivity contribution >= 4 is 22.7 Å². The van der Waals surface area contributed by atoms with Crippen LogP contribution in [0.25, 0.3) is 17.0 Å². The molecule has 0 atom stereocenters. The summed E-state index contributed by atoms with van der Waals surface area (Å²) in [7, 11) is 0. The van der Waals surface area contributed by atoms with E-state index in [-0.39, 0.29) is 5.63 Å². The van der Waals surface area contributed by atoms with Crippen LogP contribution in [0.3, 0.4) is 0 Å². The van der Waals surface area contributed by atoms with E-state index in [2.05, 4.69) is 24.0 Å². The molecule has 0 spiro atoms. The fourth-order valence-electron chi connectivity index (χ4n) is 2.61. The second-order valence-corrected chi connectivity index (χ2v) is 5.45. The summed E-state index contributed by atoms with van der Waals surface area (Å²) in [4.78, 5) is 11.6.